The second kappa shape index (κ2) is 13.4. The molecule has 0 aromatic carbocycles. The molecule has 0 aliphatic carbocycles. The molecule has 0 aromatic rings. The van der Waals surface area contributed by atoms with Gasteiger partial charge in [-0.15, -0.1) is 0 Å². The Morgan fingerprint density at radius 1 is 0.933 bits per heavy atom. The van der Waals surface area contributed by atoms with E-state index in [9.17, 15) is 24.0 Å². The molecule has 11 nitrogen and oxygen atoms in total. The molecule has 3 N–H and O–H groups in total. The van der Waals surface area contributed by atoms with Crippen molar-refractivity contribution in [2.24, 2.45) is 0 Å². The maximum atomic E-state index is 12.3. The van der Waals surface area contributed by atoms with E-state index in [1.165, 1.54) is 6.92 Å². The van der Waals surface area contributed by atoms with Gasteiger partial charge < -0.3 is 30.2 Å². The Morgan fingerprint density at radius 2 is 1.53 bits per heavy atom. The van der Waals surface area contributed by atoms with E-state index in [0.717, 1.165) is 0 Å². The van der Waals surface area contributed by atoms with E-state index < -0.39 is 54.1 Å². The molecule has 0 saturated carbocycles. The number of carbonyl (C=O) groups excluding carboxylic acids is 5. The van der Waals surface area contributed by atoms with Gasteiger partial charge in [0.2, 0.25) is 11.8 Å². The summed E-state index contributed by atoms with van der Waals surface area (Å²) >= 11 is 0. The van der Waals surface area contributed by atoms with Crippen LogP contribution in [0.25, 0.3) is 0 Å². The number of amides is 3. The van der Waals surface area contributed by atoms with Gasteiger partial charge >= 0.3 is 18.0 Å². The smallest absolute Gasteiger partial charge is 0.408 e. The average molecular weight is 431 g/mol. The highest BCUT2D eigenvalue weighted by molar-refractivity contribution is 5.91. The molecule has 172 valence electrons. The Bertz CT molecular complexity index is 615. The van der Waals surface area contributed by atoms with E-state index in [2.05, 4.69) is 16.0 Å². The highest BCUT2D eigenvalue weighted by Gasteiger charge is 2.26. The van der Waals surface area contributed by atoms with E-state index in [-0.39, 0.29) is 26.1 Å². The van der Waals surface area contributed by atoms with Gasteiger partial charge in [0.25, 0.3) is 0 Å². The minimum atomic E-state index is -1.07. The summed E-state index contributed by atoms with van der Waals surface area (Å²) < 4.78 is 14.7. The number of rotatable bonds is 11. The molecule has 0 radical (unpaired) electrons. The standard InChI is InChI=1S/C19H33N3O8/c1-7-28-15(24)10-9-13(17(26)29-8-2)22-16(25)12(3)21-14(23)11-20-18(27)30-19(4,5)6/h12-13H,7-11H2,1-6H3,(H,20,27)(H,21,23)(H,22,25)/t12-,13+/m0/s1. The minimum absolute atomic E-state index is 0.00965. The first kappa shape index (κ1) is 27.1. The zero-order chi connectivity index (χ0) is 23.3. The van der Waals surface area contributed by atoms with Crippen molar-refractivity contribution in [2.45, 2.75) is 72.1 Å². The number of nitrogens with one attached hydrogen (secondary N) is 3. The zero-order valence-corrected chi connectivity index (χ0v) is 18.5. The fourth-order valence-corrected chi connectivity index (χ4v) is 2.11. The van der Waals surface area contributed by atoms with Crippen molar-refractivity contribution in [3.63, 3.8) is 0 Å². The summed E-state index contributed by atoms with van der Waals surface area (Å²) in [6.45, 7) is 9.64. The molecule has 0 rings (SSSR count). The molecule has 11 heteroatoms. The number of alkyl carbamates (subject to hydrolysis) is 1. The van der Waals surface area contributed by atoms with Crippen LogP contribution in [0.5, 0.6) is 0 Å². The predicted octanol–water partition coefficient (Wildman–Crippen LogP) is 0.407. The van der Waals surface area contributed by atoms with Crippen LogP contribution in [0, 0.1) is 0 Å². The molecule has 0 bridgehead atoms. The van der Waals surface area contributed by atoms with Crippen molar-refractivity contribution < 1.29 is 38.2 Å². The first-order valence-corrected chi connectivity index (χ1v) is 9.78. The molecule has 2 atom stereocenters. The summed E-state index contributed by atoms with van der Waals surface area (Å²) in [5.41, 5.74) is -0.709. The molecule has 0 fully saturated rings. The SMILES string of the molecule is CCOC(=O)CC[C@@H](NC(=O)[C@H](C)NC(=O)CNC(=O)OC(C)(C)C)C(=O)OCC. The van der Waals surface area contributed by atoms with Crippen LogP contribution in [-0.4, -0.2) is 67.3 Å². The Balaban J connectivity index is 4.66. The number of esters is 2. The van der Waals surface area contributed by atoms with Crippen LogP contribution < -0.4 is 16.0 Å². The van der Waals surface area contributed by atoms with Crippen molar-refractivity contribution in [1.29, 1.82) is 0 Å². The molecular formula is C19H33N3O8. The second-order valence-corrected chi connectivity index (χ2v) is 7.30. The summed E-state index contributed by atoms with van der Waals surface area (Å²) in [6, 6.07) is -2.07. The Kier molecular flexibility index (Phi) is 12.1. The van der Waals surface area contributed by atoms with Gasteiger partial charge in [0, 0.05) is 6.42 Å². The Labute approximate surface area is 176 Å². The monoisotopic (exact) mass is 431 g/mol. The van der Waals surface area contributed by atoms with Gasteiger partial charge in [-0.25, -0.2) is 9.59 Å². The van der Waals surface area contributed by atoms with Crippen LogP contribution >= 0.6 is 0 Å². The number of hydrogen-bond acceptors (Lipinski definition) is 8. The van der Waals surface area contributed by atoms with Crippen LogP contribution in [-0.2, 0) is 33.4 Å². The lowest BCUT2D eigenvalue weighted by molar-refractivity contribution is -0.149. The van der Waals surface area contributed by atoms with Crippen LogP contribution in [0.2, 0.25) is 0 Å². The van der Waals surface area contributed by atoms with E-state index in [4.69, 9.17) is 14.2 Å². The van der Waals surface area contributed by atoms with Crippen molar-refractivity contribution in [2.75, 3.05) is 19.8 Å². The fraction of sp³-hybridized carbons (Fsp3) is 0.737. The van der Waals surface area contributed by atoms with Crippen LogP contribution in [0.15, 0.2) is 0 Å². The van der Waals surface area contributed by atoms with Crippen molar-refractivity contribution in [1.82, 2.24) is 16.0 Å². The van der Waals surface area contributed by atoms with Crippen LogP contribution in [0.3, 0.4) is 0 Å². The van der Waals surface area contributed by atoms with Gasteiger partial charge in [-0.2, -0.15) is 0 Å². The molecule has 3 amide bonds. The summed E-state index contributed by atoms with van der Waals surface area (Å²) in [5, 5.41) is 7.12. The van der Waals surface area contributed by atoms with Gasteiger partial charge in [0.15, 0.2) is 0 Å². The van der Waals surface area contributed by atoms with Crippen molar-refractivity contribution in [3.05, 3.63) is 0 Å². The topological polar surface area (TPSA) is 149 Å². The number of ether oxygens (including phenoxy) is 3. The van der Waals surface area contributed by atoms with Gasteiger partial charge in [0.1, 0.15) is 24.2 Å². The molecule has 0 unspecified atom stereocenters. The average Bonchev–Trinajstić information content (AvgIpc) is 2.62. The van der Waals surface area contributed by atoms with Crippen molar-refractivity contribution >= 4 is 29.8 Å². The molecule has 0 heterocycles. The minimum Gasteiger partial charge on any atom is -0.466 e. The summed E-state index contributed by atoms with van der Waals surface area (Å²) in [4.78, 5) is 59.4. The van der Waals surface area contributed by atoms with Crippen LogP contribution in [0.4, 0.5) is 4.79 Å². The highest BCUT2D eigenvalue weighted by atomic mass is 16.6. The maximum absolute atomic E-state index is 12.3. The lowest BCUT2D eigenvalue weighted by Crippen LogP contribution is -2.52. The third-order valence-electron chi connectivity index (χ3n) is 3.39. The normalized spacial score (nSPS) is 12.7. The molecule has 0 aromatic heterocycles. The quantitative estimate of drug-likeness (QED) is 0.314. The third-order valence-corrected chi connectivity index (χ3v) is 3.39. The summed E-state index contributed by atoms with van der Waals surface area (Å²) in [6.07, 6.45) is -0.862. The van der Waals surface area contributed by atoms with Gasteiger partial charge in [0.05, 0.1) is 13.2 Å². The second-order valence-electron chi connectivity index (χ2n) is 7.30. The highest BCUT2D eigenvalue weighted by Crippen LogP contribution is 2.06. The first-order valence-electron chi connectivity index (χ1n) is 9.78. The number of hydrogen-bond donors (Lipinski definition) is 3. The molecule has 30 heavy (non-hydrogen) atoms. The van der Waals surface area contributed by atoms with Crippen LogP contribution in [0.1, 0.15) is 54.4 Å². The maximum Gasteiger partial charge on any atom is 0.408 e. The Morgan fingerprint density at radius 3 is 2.07 bits per heavy atom. The van der Waals surface area contributed by atoms with E-state index in [0.29, 0.717) is 0 Å². The van der Waals surface area contributed by atoms with E-state index in [1.54, 1.807) is 34.6 Å². The van der Waals surface area contributed by atoms with E-state index in [1.807, 2.05) is 0 Å². The largest absolute Gasteiger partial charge is 0.466 e. The third kappa shape index (κ3) is 12.6. The lowest BCUT2D eigenvalue weighted by Gasteiger charge is -2.21. The van der Waals surface area contributed by atoms with Gasteiger partial charge in [-0.3, -0.25) is 14.4 Å². The van der Waals surface area contributed by atoms with Gasteiger partial charge in [-0.1, -0.05) is 0 Å². The zero-order valence-electron chi connectivity index (χ0n) is 18.5. The fourth-order valence-electron chi connectivity index (χ4n) is 2.11. The number of carbonyl (C=O) groups is 5. The Hall–Kier alpha value is -2.85. The molecule has 0 aliphatic rings. The lowest BCUT2D eigenvalue weighted by atomic mass is 10.1. The van der Waals surface area contributed by atoms with Gasteiger partial charge in [-0.05, 0) is 48.0 Å². The molecule has 0 saturated heterocycles. The predicted molar refractivity (Wildman–Crippen MR) is 106 cm³/mol. The molecule has 0 spiro atoms. The van der Waals surface area contributed by atoms with Crippen molar-refractivity contribution in [3.8, 4) is 0 Å². The summed E-state index contributed by atoms with van der Waals surface area (Å²) in [5.74, 6) is -2.47. The summed E-state index contributed by atoms with van der Waals surface area (Å²) in [7, 11) is 0. The molecule has 0 aliphatic heterocycles. The van der Waals surface area contributed by atoms with E-state index >= 15 is 0 Å². The first-order chi connectivity index (χ1) is 13.9. The molecular weight excluding hydrogens is 398 g/mol.